The molecule has 2 aromatic rings. The summed E-state index contributed by atoms with van der Waals surface area (Å²) in [5.74, 6) is -0.0144. The molecule has 4 nitrogen and oxygen atoms in total. The molecule has 0 aliphatic carbocycles. The van der Waals surface area contributed by atoms with Crippen molar-refractivity contribution < 1.29 is 9.21 Å². The highest BCUT2D eigenvalue weighted by molar-refractivity contribution is 6.28. The highest BCUT2D eigenvalue weighted by atomic mass is 35.5. The summed E-state index contributed by atoms with van der Waals surface area (Å²) in [5.41, 5.74) is 1.77. The van der Waals surface area contributed by atoms with Crippen LogP contribution in [0.3, 0.4) is 0 Å². The maximum Gasteiger partial charge on any atom is 0.293 e. The minimum absolute atomic E-state index is 0.0144. The second-order valence-electron chi connectivity index (χ2n) is 5.05. The highest BCUT2D eigenvalue weighted by Crippen LogP contribution is 2.21. The minimum Gasteiger partial charge on any atom is -0.428 e. The molecular formula is C14H17ClN2O2. The number of fused-ring (bicyclic) bond motifs is 1. The number of amides is 1. The lowest BCUT2D eigenvalue weighted by atomic mass is 10.1. The van der Waals surface area contributed by atoms with Crippen LogP contribution in [0.2, 0.25) is 5.35 Å². The zero-order chi connectivity index (χ0) is 14.2. The van der Waals surface area contributed by atoms with E-state index in [-0.39, 0.29) is 23.3 Å². The summed E-state index contributed by atoms with van der Waals surface area (Å²) in [7, 11) is 0. The lowest BCUT2D eigenvalue weighted by molar-refractivity contribution is 0.0644. The zero-order valence-corrected chi connectivity index (χ0v) is 12.2. The van der Waals surface area contributed by atoms with Crippen molar-refractivity contribution in [2.75, 3.05) is 0 Å². The SMILES string of the molecule is CC(C)N(C(=O)c1ccc2nc(Cl)oc2c1)C(C)C. The van der Waals surface area contributed by atoms with E-state index in [9.17, 15) is 4.79 Å². The van der Waals surface area contributed by atoms with Gasteiger partial charge in [0.2, 0.25) is 0 Å². The van der Waals surface area contributed by atoms with Gasteiger partial charge in [-0.3, -0.25) is 4.79 Å². The maximum absolute atomic E-state index is 12.5. The third-order valence-corrected chi connectivity index (χ3v) is 3.12. The van der Waals surface area contributed by atoms with Gasteiger partial charge in [0.15, 0.2) is 5.58 Å². The highest BCUT2D eigenvalue weighted by Gasteiger charge is 2.22. The third kappa shape index (κ3) is 2.73. The molecule has 2 rings (SSSR count). The lowest BCUT2D eigenvalue weighted by Crippen LogP contribution is -2.42. The lowest BCUT2D eigenvalue weighted by Gasteiger charge is -2.30. The van der Waals surface area contributed by atoms with Gasteiger partial charge < -0.3 is 9.32 Å². The molecule has 5 heteroatoms. The van der Waals surface area contributed by atoms with Gasteiger partial charge >= 0.3 is 0 Å². The van der Waals surface area contributed by atoms with Crippen molar-refractivity contribution in [2.45, 2.75) is 39.8 Å². The fourth-order valence-electron chi connectivity index (χ4n) is 2.24. The summed E-state index contributed by atoms with van der Waals surface area (Å²) in [6.07, 6.45) is 0. The van der Waals surface area contributed by atoms with Crippen molar-refractivity contribution in [3.05, 3.63) is 29.1 Å². The Labute approximate surface area is 117 Å². The van der Waals surface area contributed by atoms with Crippen molar-refractivity contribution >= 4 is 28.6 Å². The van der Waals surface area contributed by atoms with Gasteiger partial charge in [-0.2, -0.15) is 4.98 Å². The quantitative estimate of drug-likeness (QED) is 0.860. The fraction of sp³-hybridized carbons (Fsp3) is 0.429. The van der Waals surface area contributed by atoms with E-state index in [1.54, 1.807) is 18.2 Å². The van der Waals surface area contributed by atoms with Crippen LogP contribution in [0.25, 0.3) is 11.1 Å². The number of benzene rings is 1. The molecule has 1 heterocycles. The number of aromatic nitrogens is 1. The molecule has 1 aromatic heterocycles. The molecular weight excluding hydrogens is 264 g/mol. The predicted octanol–water partition coefficient (Wildman–Crippen LogP) is 3.74. The molecule has 0 aliphatic rings. The van der Waals surface area contributed by atoms with Gasteiger partial charge in [-0.25, -0.2) is 0 Å². The zero-order valence-electron chi connectivity index (χ0n) is 11.5. The average molecular weight is 281 g/mol. The van der Waals surface area contributed by atoms with Gasteiger partial charge in [0.1, 0.15) is 5.52 Å². The largest absolute Gasteiger partial charge is 0.428 e. The monoisotopic (exact) mass is 280 g/mol. The van der Waals surface area contributed by atoms with Crippen LogP contribution in [0, 0.1) is 0 Å². The Morgan fingerprint density at radius 1 is 1.26 bits per heavy atom. The molecule has 102 valence electrons. The van der Waals surface area contributed by atoms with E-state index in [1.165, 1.54) is 0 Å². The number of halogens is 1. The van der Waals surface area contributed by atoms with E-state index in [0.29, 0.717) is 16.7 Å². The van der Waals surface area contributed by atoms with Gasteiger partial charge in [0, 0.05) is 17.6 Å². The predicted molar refractivity (Wildman–Crippen MR) is 75.5 cm³/mol. The van der Waals surface area contributed by atoms with Crippen molar-refractivity contribution in [3.63, 3.8) is 0 Å². The molecule has 19 heavy (non-hydrogen) atoms. The van der Waals surface area contributed by atoms with E-state index in [4.69, 9.17) is 16.0 Å². The molecule has 0 saturated heterocycles. The summed E-state index contributed by atoms with van der Waals surface area (Å²) < 4.78 is 5.24. The third-order valence-electron chi connectivity index (χ3n) is 2.96. The number of hydrogen-bond acceptors (Lipinski definition) is 3. The Morgan fingerprint density at radius 2 is 1.89 bits per heavy atom. The Kier molecular flexibility index (Phi) is 3.80. The van der Waals surface area contributed by atoms with Crippen LogP contribution < -0.4 is 0 Å². The fourth-order valence-corrected chi connectivity index (χ4v) is 2.42. The van der Waals surface area contributed by atoms with Crippen LogP contribution in [0.15, 0.2) is 22.6 Å². The summed E-state index contributed by atoms with van der Waals surface area (Å²) in [6, 6.07) is 5.47. The number of rotatable bonds is 3. The van der Waals surface area contributed by atoms with Crippen LogP contribution >= 0.6 is 11.6 Å². The molecule has 0 atom stereocenters. The Balaban J connectivity index is 2.39. The Bertz CT molecular complexity index is 597. The molecule has 0 unspecified atom stereocenters. The van der Waals surface area contributed by atoms with Gasteiger partial charge in [-0.1, -0.05) is 0 Å². The average Bonchev–Trinajstić information content (AvgIpc) is 2.66. The first-order valence-electron chi connectivity index (χ1n) is 6.29. The van der Waals surface area contributed by atoms with Crippen molar-refractivity contribution in [1.82, 2.24) is 9.88 Å². The van der Waals surface area contributed by atoms with Crippen molar-refractivity contribution in [3.8, 4) is 0 Å². The number of carbonyl (C=O) groups is 1. The second kappa shape index (κ2) is 5.21. The van der Waals surface area contributed by atoms with E-state index in [1.807, 2.05) is 32.6 Å². The van der Waals surface area contributed by atoms with Crippen LogP contribution in [0.1, 0.15) is 38.1 Å². The number of hydrogen-bond donors (Lipinski definition) is 0. The standard InChI is InChI=1S/C14H17ClN2O2/c1-8(2)17(9(3)4)13(18)10-5-6-11-12(7-10)19-14(15)16-11/h5-9H,1-4H3. The van der Waals surface area contributed by atoms with Crippen molar-refractivity contribution in [2.24, 2.45) is 0 Å². The normalized spacial score (nSPS) is 11.5. The van der Waals surface area contributed by atoms with Gasteiger partial charge in [-0.05, 0) is 57.5 Å². The Morgan fingerprint density at radius 3 is 2.47 bits per heavy atom. The maximum atomic E-state index is 12.5. The molecule has 1 amide bonds. The molecule has 0 saturated carbocycles. The minimum atomic E-state index is -0.0144. The van der Waals surface area contributed by atoms with Crippen LogP contribution in [0.4, 0.5) is 0 Å². The number of carbonyl (C=O) groups excluding carboxylic acids is 1. The van der Waals surface area contributed by atoms with Crippen LogP contribution in [-0.2, 0) is 0 Å². The topological polar surface area (TPSA) is 46.3 Å². The number of oxazole rings is 1. The molecule has 0 aliphatic heterocycles. The second-order valence-corrected chi connectivity index (χ2v) is 5.37. The molecule has 0 fully saturated rings. The van der Waals surface area contributed by atoms with Gasteiger partial charge in [-0.15, -0.1) is 0 Å². The molecule has 0 bridgehead atoms. The van der Waals surface area contributed by atoms with Crippen LogP contribution in [-0.4, -0.2) is 27.9 Å². The van der Waals surface area contributed by atoms with E-state index in [2.05, 4.69) is 4.98 Å². The summed E-state index contributed by atoms with van der Waals surface area (Å²) in [5, 5.41) is 0.0872. The summed E-state index contributed by atoms with van der Waals surface area (Å²) in [4.78, 5) is 18.3. The summed E-state index contributed by atoms with van der Waals surface area (Å²) >= 11 is 5.71. The van der Waals surface area contributed by atoms with E-state index < -0.39 is 0 Å². The summed E-state index contributed by atoms with van der Waals surface area (Å²) in [6.45, 7) is 8.01. The first kappa shape index (κ1) is 13.9. The molecule has 0 N–H and O–H groups in total. The molecule has 1 aromatic carbocycles. The first-order valence-corrected chi connectivity index (χ1v) is 6.66. The molecule has 0 spiro atoms. The van der Waals surface area contributed by atoms with E-state index in [0.717, 1.165) is 0 Å². The van der Waals surface area contributed by atoms with Gasteiger partial charge in [0.25, 0.3) is 11.3 Å². The Hall–Kier alpha value is -1.55. The molecule has 0 radical (unpaired) electrons. The van der Waals surface area contributed by atoms with E-state index >= 15 is 0 Å². The first-order chi connectivity index (χ1) is 8.90. The van der Waals surface area contributed by atoms with Gasteiger partial charge in [0.05, 0.1) is 0 Å². The smallest absolute Gasteiger partial charge is 0.293 e. The van der Waals surface area contributed by atoms with Crippen LogP contribution in [0.5, 0.6) is 0 Å². The number of nitrogens with zero attached hydrogens (tertiary/aromatic N) is 2. The van der Waals surface area contributed by atoms with Crippen molar-refractivity contribution in [1.29, 1.82) is 0 Å².